The quantitative estimate of drug-likeness (QED) is 0.0320. The van der Waals surface area contributed by atoms with Crippen LogP contribution in [0.4, 0.5) is 0 Å². The number of aliphatic hydroxyl groups excluding tert-OH is 2. The van der Waals surface area contributed by atoms with Crippen LogP contribution in [0.2, 0.25) is 0 Å². The zero-order valence-electron chi connectivity index (χ0n) is 59.3. The fraction of sp³-hybridized carbons (Fsp3) is 0.926. The van der Waals surface area contributed by atoms with Crippen LogP contribution in [0.25, 0.3) is 0 Å². The van der Waals surface area contributed by atoms with Gasteiger partial charge in [-0.3, -0.25) is 9.59 Å². The first-order chi connectivity index (χ1) is 43.0. The molecule has 0 aromatic rings. The summed E-state index contributed by atoms with van der Waals surface area (Å²) < 4.78 is 5.52. The Kier molecular flexibility index (Phi) is 75.3. The Labute approximate surface area is 545 Å². The Morgan fingerprint density at radius 1 is 0.310 bits per heavy atom. The minimum atomic E-state index is -0.844. The number of aliphatic hydroxyl groups is 2. The van der Waals surface area contributed by atoms with Crippen LogP contribution in [0.1, 0.15) is 457 Å². The second-order valence-corrected chi connectivity index (χ2v) is 27.8. The van der Waals surface area contributed by atoms with Gasteiger partial charge in [0, 0.05) is 12.8 Å². The number of allylic oxidation sites excluding steroid dienone is 3. The van der Waals surface area contributed by atoms with Crippen LogP contribution in [0.15, 0.2) is 24.3 Å². The SMILES string of the molecule is CCCCCCCCCCCCCCCCCCCCC/C=C/C(O)C(CO)NC(=O)CCCCCCCCCCCCCCCCC/C=C\CCCCCCCCCCCCCCOC(=O)CCCCCCCCCCCCCCCCCCCC. The van der Waals surface area contributed by atoms with Crippen LogP contribution in [-0.4, -0.2) is 47.4 Å². The molecular formula is C81H157NO5. The molecule has 0 rings (SSSR count). The fourth-order valence-corrected chi connectivity index (χ4v) is 12.9. The molecule has 3 N–H and O–H groups in total. The molecule has 0 aromatic carbocycles. The molecule has 0 radical (unpaired) electrons. The van der Waals surface area contributed by atoms with E-state index in [-0.39, 0.29) is 18.5 Å². The van der Waals surface area contributed by atoms with Crippen LogP contribution in [0.3, 0.4) is 0 Å². The molecule has 516 valence electrons. The zero-order chi connectivity index (χ0) is 62.8. The maximum absolute atomic E-state index is 12.5. The highest BCUT2D eigenvalue weighted by Gasteiger charge is 2.18. The molecular weight excluding hydrogens is 1070 g/mol. The molecule has 0 saturated heterocycles. The number of rotatable bonds is 76. The van der Waals surface area contributed by atoms with Gasteiger partial charge in [-0.2, -0.15) is 0 Å². The van der Waals surface area contributed by atoms with Crippen molar-refractivity contribution in [3.05, 3.63) is 24.3 Å². The molecule has 0 aliphatic rings. The summed E-state index contributed by atoms with van der Waals surface area (Å²) in [5.41, 5.74) is 0. The Hall–Kier alpha value is -1.66. The van der Waals surface area contributed by atoms with Gasteiger partial charge < -0.3 is 20.3 Å². The lowest BCUT2D eigenvalue weighted by Gasteiger charge is -2.20. The van der Waals surface area contributed by atoms with E-state index < -0.39 is 12.1 Å². The highest BCUT2D eigenvalue weighted by atomic mass is 16.5. The summed E-state index contributed by atoms with van der Waals surface area (Å²) in [6.45, 7) is 4.96. The van der Waals surface area contributed by atoms with Crippen LogP contribution < -0.4 is 5.32 Å². The van der Waals surface area contributed by atoms with E-state index in [4.69, 9.17) is 4.74 Å². The number of ether oxygens (including phenoxy) is 1. The van der Waals surface area contributed by atoms with Crippen molar-refractivity contribution >= 4 is 11.9 Å². The van der Waals surface area contributed by atoms with E-state index in [1.807, 2.05) is 6.08 Å². The minimum Gasteiger partial charge on any atom is -0.466 e. The van der Waals surface area contributed by atoms with E-state index in [0.29, 0.717) is 19.4 Å². The summed E-state index contributed by atoms with van der Waals surface area (Å²) in [6.07, 6.45) is 98.7. The highest BCUT2D eigenvalue weighted by molar-refractivity contribution is 5.76. The molecule has 87 heavy (non-hydrogen) atoms. The van der Waals surface area contributed by atoms with Crippen molar-refractivity contribution in [1.82, 2.24) is 5.32 Å². The molecule has 0 aliphatic carbocycles. The van der Waals surface area contributed by atoms with Crippen molar-refractivity contribution in [2.24, 2.45) is 0 Å². The maximum Gasteiger partial charge on any atom is 0.305 e. The first kappa shape index (κ1) is 85.3. The highest BCUT2D eigenvalue weighted by Crippen LogP contribution is 2.20. The smallest absolute Gasteiger partial charge is 0.305 e. The van der Waals surface area contributed by atoms with Crippen molar-refractivity contribution in [3.63, 3.8) is 0 Å². The number of unbranched alkanes of at least 4 members (excludes halogenated alkanes) is 63. The van der Waals surface area contributed by atoms with Gasteiger partial charge in [0.25, 0.3) is 0 Å². The Bertz CT molecular complexity index is 1360. The number of hydrogen-bond donors (Lipinski definition) is 3. The zero-order valence-corrected chi connectivity index (χ0v) is 59.3. The van der Waals surface area contributed by atoms with E-state index in [1.54, 1.807) is 6.08 Å². The van der Waals surface area contributed by atoms with Crippen molar-refractivity contribution in [2.75, 3.05) is 13.2 Å². The molecule has 0 aliphatic heterocycles. The van der Waals surface area contributed by atoms with Crippen LogP contribution in [0.5, 0.6) is 0 Å². The second kappa shape index (κ2) is 76.8. The molecule has 0 heterocycles. The molecule has 0 saturated carbocycles. The fourth-order valence-electron chi connectivity index (χ4n) is 12.9. The standard InChI is InChI=1S/C81H157NO5/c1-3-5-7-9-11-13-15-17-19-21-23-35-38-41-45-49-53-57-61-65-69-73-79(84)78(77-83)82-80(85)74-70-66-62-58-54-50-46-42-39-36-33-31-29-27-25-24-26-28-30-32-34-37-40-44-48-52-56-60-64-68-72-76-87-81(86)75-71-67-63-59-55-51-47-43-22-20-18-16-14-12-10-8-6-4-2/h26,28,69,73,78-79,83-84H,3-25,27,29-68,70-72,74-77H2,1-2H3,(H,82,85)/b28-26-,73-69+. The molecule has 0 fully saturated rings. The monoisotopic (exact) mass is 1220 g/mol. The van der Waals surface area contributed by atoms with Gasteiger partial charge in [0.15, 0.2) is 0 Å². The molecule has 0 bridgehead atoms. The summed E-state index contributed by atoms with van der Waals surface area (Å²) in [5, 5.41) is 23.3. The van der Waals surface area contributed by atoms with E-state index in [0.717, 1.165) is 38.5 Å². The number of esters is 1. The first-order valence-electron chi connectivity index (χ1n) is 40.1. The summed E-state index contributed by atoms with van der Waals surface area (Å²) in [6, 6.07) is -0.627. The van der Waals surface area contributed by atoms with Crippen LogP contribution >= 0.6 is 0 Å². The lowest BCUT2D eigenvalue weighted by Crippen LogP contribution is -2.45. The summed E-state index contributed by atoms with van der Waals surface area (Å²) in [5.74, 6) is -0.0381. The number of hydrogen-bond acceptors (Lipinski definition) is 5. The number of carbonyl (C=O) groups excluding carboxylic acids is 2. The molecule has 2 atom stereocenters. The Morgan fingerprint density at radius 3 is 0.816 bits per heavy atom. The van der Waals surface area contributed by atoms with Gasteiger partial charge >= 0.3 is 5.97 Å². The van der Waals surface area contributed by atoms with E-state index in [9.17, 15) is 19.8 Å². The Morgan fingerprint density at radius 2 is 0.540 bits per heavy atom. The lowest BCUT2D eigenvalue weighted by atomic mass is 10.0. The lowest BCUT2D eigenvalue weighted by molar-refractivity contribution is -0.143. The molecule has 0 aromatic heterocycles. The van der Waals surface area contributed by atoms with E-state index in [1.165, 1.54) is 392 Å². The molecule has 1 amide bonds. The largest absolute Gasteiger partial charge is 0.466 e. The van der Waals surface area contributed by atoms with Crippen LogP contribution in [0, 0.1) is 0 Å². The van der Waals surface area contributed by atoms with Gasteiger partial charge in [-0.25, -0.2) is 0 Å². The third-order valence-electron chi connectivity index (χ3n) is 19.0. The minimum absolute atomic E-state index is 0.0229. The molecule has 6 nitrogen and oxygen atoms in total. The van der Waals surface area contributed by atoms with Crippen molar-refractivity contribution in [3.8, 4) is 0 Å². The van der Waals surface area contributed by atoms with E-state index >= 15 is 0 Å². The third-order valence-corrected chi connectivity index (χ3v) is 19.0. The Balaban J connectivity index is 3.36. The predicted molar refractivity (Wildman–Crippen MR) is 384 cm³/mol. The van der Waals surface area contributed by atoms with Crippen molar-refractivity contribution < 1.29 is 24.5 Å². The second-order valence-electron chi connectivity index (χ2n) is 27.8. The molecule has 6 heteroatoms. The first-order valence-corrected chi connectivity index (χ1v) is 40.1. The maximum atomic E-state index is 12.5. The van der Waals surface area contributed by atoms with Gasteiger partial charge in [-0.1, -0.05) is 411 Å². The van der Waals surface area contributed by atoms with Gasteiger partial charge in [0.2, 0.25) is 5.91 Å². The predicted octanol–water partition coefficient (Wildman–Crippen LogP) is 26.4. The number of amides is 1. The van der Waals surface area contributed by atoms with Gasteiger partial charge in [0.1, 0.15) is 0 Å². The van der Waals surface area contributed by atoms with E-state index in [2.05, 4.69) is 31.3 Å². The summed E-state index contributed by atoms with van der Waals surface area (Å²) in [4.78, 5) is 24.7. The van der Waals surface area contributed by atoms with Crippen LogP contribution in [-0.2, 0) is 14.3 Å². The average molecular weight is 1230 g/mol. The molecule has 0 spiro atoms. The van der Waals surface area contributed by atoms with Crippen molar-refractivity contribution in [2.45, 2.75) is 469 Å². The topological polar surface area (TPSA) is 95.9 Å². The number of nitrogens with one attached hydrogen (secondary N) is 1. The summed E-state index contributed by atoms with van der Waals surface area (Å²) in [7, 11) is 0. The normalized spacial score (nSPS) is 12.6. The average Bonchev–Trinajstić information content (AvgIpc) is 3.53. The van der Waals surface area contributed by atoms with Crippen molar-refractivity contribution in [1.29, 1.82) is 0 Å². The third kappa shape index (κ3) is 73.3. The number of carbonyl (C=O) groups is 2. The molecule has 2 unspecified atom stereocenters. The van der Waals surface area contributed by atoms with Gasteiger partial charge in [-0.05, 0) is 57.8 Å². The summed E-state index contributed by atoms with van der Waals surface area (Å²) >= 11 is 0. The van der Waals surface area contributed by atoms with Gasteiger partial charge in [-0.15, -0.1) is 0 Å². The van der Waals surface area contributed by atoms with Gasteiger partial charge in [0.05, 0.1) is 25.4 Å².